The van der Waals surface area contributed by atoms with Gasteiger partial charge in [-0.05, 0) is 34.6 Å². The van der Waals surface area contributed by atoms with Crippen molar-refractivity contribution in [2.45, 2.75) is 52.4 Å². The highest BCUT2D eigenvalue weighted by atomic mass is 16.7. The van der Waals surface area contributed by atoms with Crippen LogP contribution >= 0.6 is 0 Å². The Balaban J connectivity index is 2.60. The highest BCUT2D eigenvalue weighted by Gasteiger charge is 2.42. The van der Waals surface area contributed by atoms with E-state index in [1.54, 1.807) is 0 Å². The van der Waals surface area contributed by atoms with Crippen molar-refractivity contribution in [3.8, 4) is 0 Å². The van der Waals surface area contributed by atoms with Crippen molar-refractivity contribution in [2.24, 2.45) is 5.41 Å². The van der Waals surface area contributed by atoms with E-state index in [1.807, 2.05) is 34.6 Å². The first-order valence-corrected chi connectivity index (χ1v) is 6.18. The molecule has 0 spiro atoms. The van der Waals surface area contributed by atoms with Crippen molar-refractivity contribution in [3.05, 3.63) is 0 Å². The normalized spacial score (nSPS) is 22.6. The Morgan fingerprint density at radius 2 is 1.78 bits per heavy atom. The fraction of sp³-hybridized carbons (Fsp3) is 0.923. The van der Waals surface area contributed by atoms with Gasteiger partial charge in [0.1, 0.15) is 5.60 Å². The fourth-order valence-corrected chi connectivity index (χ4v) is 1.67. The van der Waals surface area contributed by atoms with Gasteiger partial charge in [0.25, 0.3) is 0 Å². The molecule has 0 unspecified atom stereocenters. The second kappa shape index (κ2) is 5.15. The summed E-state index contributed by atoms with van der Waals surface area (Å²) in [6.45, 7) is 9.46. The van der Waals surface area contributed by atoms with E-state index in [9.17, 15) is 9.90 Å². The topological polar surface area (TPSA) is 65.0 Å². The van der Waals surface area contributed by atoms with Gasteiger partial charge in [0.2, 0.25) is 0 Å². The molecule has 0 saturated carbocycles. The Hall–Kier alpha value is -0.650. The summed E-state index contributed by atoms with van der Waals surface area (Å²) in [5.41, 5.74) is -1.22. The third-order valence-corrected chi connectivity index (χ3v) is 2.73. The third-order valence-electron chi connectivity index (χ3n) is 2.73. The molecule has 18 heavy (non-hydrogen) atoms. The summed E-state index contributed by atoms with van der Waals surface area (Å²) >= 11 is 0. The predicted molar refractivity (Wildman–Crippen MR) is 66.0 cm³/mol. The molecule has 0 bridgehead atoms. The zero-order chi connectivity index (χ0) is 14.0. The van der Waals surface area contributed by atoms with Crippen molar-refractivity contribution in [1.82, 2.24) is 0 Å². The van der Waals surface area contributed by atoms with E-state index in [1.165, 1.54) is 0 Å². The maximum absolute atomic E-state index is 11.8. The molecule has 1 rings (SSSR count). The summed E-state index contributed by atoms with van der Waals surface area (Å²) in [5.74, 6) is -1.00. The lowest BCUT2D eigenvalue weighted by atomic mass is 9.86. The summed E-state index contributed by atoms with van der Waals surface area (Å²) in [6, 6.07) is 0. The van der Waals surface area contributed by atoms with Crippen molar-refractivity contribution >= 4 is 5.97 Å². The molecule has 1 aliphatic heterocycles. The summed E-state index contributed by atoms with van der Waals surface area (Å²) < 4.78 is 16.3. The Morgan fingerprint density at radius 3 is 2.17 bits per heavy atom. The standard InChI is InChI=1S/C13H24O5/c1-11(2,3)18-10(15)6-13(7-14)8-16-12(4,5)17-9-13/h14H,6-9H2,1-5H3. The monoisotopic (exact) mass is 260 g/mol. The molecule has 0 radical (unpaired) electrons. The maximum atomic E-state index is 11.8. The molecule has 0 aromatic heterocycles. The van der Waals surface area contributed by atoms with Gasteiger partial charge in [0.15, 0.2) is 5.79 Å². The van der Waals surface area contributed by atoms with Gasteiger partial charge in [-0.25, -0.2) is 0 Å². The SMILES string of the molecule is CC(C)(C)OC(=O)CC1(CO)COC(C)(C)OC1. The first-order valence-electron chi connectivity index (χ1n) is 6.18. The van der Waals surface area contributed by atoms with Crippen LogP contribution in [-0.2, 0) is 19.0 Å². The molecule has 5 heteroatoms. The molecule has 1 saturated heterocycles. The highest BCUT2D eigenvalue weighted by Crippen LogP contribution is 2.33. The van der Waals surface area contributed by atoms with Crippen LogP contribution in [0.4, 0.5) is 0 Å². The van der Waals surface area contributed by atoms with Crippen LogP contribution in [0.25, 0.3) is 0 Å². The Labute approximate surface area is 108 Å². The molecule has 1 heterocycles. The maximum Gasteiger partial charge on any atom is 0.307 e. The van der Waals surface area contributed by atoms with Crippen molar-refractivity contribution in [1.29, 1.82) is 0 Å². The van der Waals surface area contributed by atoms with E-state index in [0.29, 0.717) is 0 Å². The van der Waals surface area contributed by atoms with Gasteiger partial charge in [-0.15, -0.1) is 0 Å². The molecule has 0 aromatic rings. The fourth-order valence-electron chi connectivity index (χ4n) is 1.67. The molecule has 0 aliphatic carbocycles. The Morgan fingerprint density at radius 1 is 1.28 bits per heavy atom. The van der Waals surface area contributed by atoms with Crippen LogP contribution in [0.2, 0.25) is 0 Å². The lowest BCUT2D eigenvalue weighted by molar-refractivity contribution is -0.291. The molecule has 106 valence electrons. The number of hydrogen-bond acceptors (Lipinski definition) is 5. The number of ether oxygens (including phenoxy) is 3. The van der Waals surface area contributed by atoms with Crippen LogP contribution in [0.5, 0.6) is 0 Å². The van der Waals surface area contributed by atoms with E-state index < -0.39 is 16.8 Å². The zero-order valence-corrected chi connectivity index (χ0v) is 11.9. The van der Waals surface area contributed by atoms with Gasteiger partial charge in [0.05, 0.1) is 31.7 Å². The van der Waals surface area contributed by atoms with E-state index in [2.05, 4.69) is 0 Å². The summed E-state index contributed by atoms with van der Waals surface area (Å²) in [4.78, 5) is 11.8. The van der Waals surface area contributed by atoms with Gasteiger partial charge in [0, 0.05) is 0 Å². The number of aliphatic hydroxyl groups is 1. The Bertz CT molecular complexity index is 293. The molecule has 0 amide bonds. The summed E-state index contributed by atoms with van der Waals surface area (Å²) in [7, 11) is 0. The molecular weight excluding hydrogens is 236 g/mol. The smallest absolute Gasteiger partial charge is 0.307 e. The van der Waals surface area contributed by atoms with E-state index in [-0.39, 0.29) is 32.2 Å². The number of hydrogen-bond donors (Lipinski definition) is 1. The summed E-state index contributed by atoms with van der Waals surface area (Å²) in [5, 5.41) is 9.49. The minimum Gasteiger partial charge on any atom is -0.460 e. The lowest BCUT2D eigenvalue weighted by Crippen LogP contribution is -2.49. The predicted octanol–water partition coefficient (Wildman–Crippen LogP) is 1.48. The van der Waals surface area contributed by atoms with Crippen LogP contribution in [0.1, 0.15) is 41.0 Å². The average Bonchev–Trinajstić information content (AvgIpc) is 2.19. The quantitative estimate of drug-likeness (QED) is 0.779. The van der Waals surface area contributed by atoms with Crippen molar-refractivity contribution in [3.63, 3.8) is 0 Å². The molecular formula is C13H24O5. The number of rotatable bonds is 3. The first kappa shape index (κ1) is 15.4. The first-order chi connectivity index (χ1) is 8.08. The molecule has 1 fully saturated rings. The average molecular weight is 260 g/mol. The molecule has 1 aliphatic rings. The van der Waals surface area contributed by atoms with Gasteiger partial charge in [-0.1, -0.05) is 0 Å². The Kier molecular flexibility index (Phi) is 4.41. The van der Waals surface area contributed by atoms with Crippen molar-refractivity contribution in [2.75, 3.05) is 19.8 Å². The molecule has 5 nitrogen and oxygen atoms in total. The van der Waals surface area contributed by atoms with E-state index in [0.717, 1.165) is 0 Å². The molecule has 0 atom stereocenters. The lowest BCUT2D eigenvalue weighted by Gasteiger charge is -2.42. The summed E-state index contributed by atoms with van der Waals surface area (Å²) in [6.07, 6.45) is 0.0941. The van der Waals surface area contributed by atoms with Crippen LogP contribution in [0, 0.1) is 5.41 Å². The zero-order valence-electron chi connectivity index (χ0n) is 11.9. The van der Waals surface area contributed by atoms with Gasteiger partial charge in [-0.3, -0.25) is 4.79 Å². The third kappa shape index (κ3) is 4.55. The van der Waals surface area contributed by atoms with Crippen LogP contribution in [-0.4, -0.2) is 42.3 Å². The minimum absolute atomic E-state index is 0.0941. The van der Waals surface area contributed by atoms with Crippen LogP contribution in [0.15, 0.2) is 0 Å². The van der Waals surface area contributed by atoms with Crippen LogP contribution in [0.3, 0.4) is 0 Å². The molecule has 1 N–H and O–H groups in total. The number of carbonyl (C=O) groups excluding carboxylic acids is 1. The van der Waals surface area contributed by atoms with E-state index in [4.69, 9.17) is 14.2 Å². The highest BCUT2D eigenvalue weighted by molar-refractivity contribution is 5.70. The van der Waals surface area contributed by atoms with Crippen molar-refractivity contribution < 1.29 is 24.1 Å². The second-order valence-corrected chi connectivity index (χ2v) is 6.40. The van der Waals surface area contributed by atoms with Crippen LogP contribution < -0.4 is 0 Å². The second-order valence-electron chi connectivity index (χ2n) is 6.40. The largest absolute Gasteiger partial charge is 0.460 e. The number of carbonyl (C=O) groups is 1. The minimum atomic E-state index is -0.697. The van der Waals surface area contributed by atoms with E-state index >= 15 is 0 Å². The van der Waals surface area contributed by atoms with Gasteiger partial charge in [-0.2, -0.15) is 0 Å². The molecule has 0 aromatic carbocycles. The number of aliphatic hydroxyl groups excluding tert-OH is 1. The van der Waals surface area contributed by atoms with Gasteiger partial charge >= 0.3 is 5.97 Å². The number of esters is 1. The van der Waals surface area contributed by atoms with Gasteiger partial charge < -0.3 is 19.3 Å².